The molecule has 0 aromatic heterocycles. The first-order valence-electron chi connectivity index (χ1n) is 12.1. The number of likely N-dealkylation sites (tertiary alicyclic amines) is 1. The molecule has 1 amide bonds. The number of methoxy groups -OCH3 is 1. The molecule has 2 unspecified atom stereocenters. The number of amides is 1. The van der Waals surface area contributed by atoms with Crippen molar-refractivity contribution in [1.82, 2.24) is 14.7 Å². The largest absolute Gasteiger partial charge is 0.468 e. The van der Waals surface area contributed by atoms with Gasteiger partial charge in [-0.1, -0.05) is 24.3 Å². The number of nitrogens with zero attached hydrogens (tertiary/aromatic N) is 3. The average molecular weight is 508 g/mol. The van der Waals surface area contributed by atoms with Gasteiger partial charge in [-0.15, -0.1) is 0 Å². The van der Waals surface area contributed by atoms with E-state index in [2.05, 4.69) is 11.0 Å². The minimum atomic E-state index is -0.817. The van der Waals surface area contributed by atoms with Crippen LogP contribution in [0.3, 0.4) is 0 Å². The van der Waals surface area contributed by atoms with Crippen molar-refractivity contribution in [2.75, 3.05) is 52.9 Å². The van der Waals surface area contributed by atoms with Gasteiger partial charge in [0.15, 0.2) is 12.6 Å². The van der Waals surface area contributed by atoms with Gasteiger partial charge in [0.25, 0.3) is 0 Å². The van der Waals surface area contributed by atoms with E-state index >= 15 is 0 Å². The van der Waals surface area contributed by atoms with Crippen LogP contribution in [-0.2, 0) is 23.8 Å². The van der Waals surface area contributed by atoms with E-state index in [0.29, 0.717) is 51.3 Å². The second-order valence-electron chi connectivity index (χ2n) is 9.18. The number of carbonyl (C=O) groups excluding carboxylic acids is 2. The fraction of sp³-hybridized carbons (Fsp3) is 0.600. The molecule has 8 nitrogen and oxygen atoms in total. The zero-order valence-electron chi connectivity index (χ0n) is 20.3. The molecule has 3 heterocycles. The summed E-state index contributed by atoms with van der Waals surface area (Å²) in [5.74, 6) is -0.816. The Kier molecular flexibility index (Phi) is 8.82. The summed E-state index contributed by atoms with van der Waals surface area (Å²) < 4.78 is 30.4. The summed E-state index contributed by atoms with van der Waals surface area (Å²) in [5.41, 5.74) is 1.37. The molecule has 0 aliphatic carbocycles. The van der Waals surface area contributed by atoms with E-state index in [1.165, 1.54) is 13.2 Å². The first kappa shape index (κ1) is 26.1. The second-order valence-corrected chi connectivity index (χ2v) is 9.80. The topological polar surface area (TPSA) is 71.6 Å². The molecule has 0 N–H and O–H groups in total. The highest BCUT2D eigenvalue weighted by Crippen LogP contribution is 2.31. The van der Waals surface area contributed by atoms with Gasteiger partial charge in [0.05, 0.1) is 13.7 Å². The number of halogens is 1. The summed E-state index contributed by atoms with van der Waals surface area (Å²) in [6.45, 7) is 5.98. The van der Waals surface area contributed by atoms with Gasteiger partial charge in [-0.2, -0.15) is 12.6 Å². The van der Waals surface area contributed by atoms with Crippen LogP contribution in [0.2, 0.25) is 0 Å². The van der Waals surface area contributed by atoms with Gasteiger partial charge in [-0.05, 0) is 25.0 Å². The third kappa shape index (κ3) is 6.42. The van der Waals surface area contributed by atoms with Crippen LogP contribution in [0.1, 0.15) is 31.4 Å². The van der Waals surface area contributed by atoms with E-state index in [0.717, 1.165) is 18.5 Å². The van der Waals surface area contributed by atoms with Gasteiger partial charge in [0.2, 0.25) is 5.91 Å². The zero-order valence-corrected chi connectivity index (χ0v) is 21.2. The molecule has 10 heteroatoms. The van der Waals surface area contributed by atoms with Gasteiger partial charge in [-0.25, -0.2) is 9.18 Å². The number of benzene rings is 1. The minimum Gasteiger partial charge on any atom is -0.468 e. The maximum absolute atomic E-state index is 14.5. The number of rotatable bonds is 8. The number of ether oxygens (including phenoxy) is 3. The van der Waals surface area contributed by atoms with Crippen molar-refractivity contribution in [3.63, 3.8) is 0 Å². The lowest BCUT2D eigenvalue weighted by atomic mass is 9.97. The Balaban J connectivity index is 1.35. The van der Waals surface area contributed by atoms with Gasteiger partial charge in [0.1, 0.15) is 11.9 Å². The molecule has 1 aromatic rings. The summed E-state index contributed by atoms with van der Waals surface area (Å²) in [7, 11) is 1.32. The fourth-order valence-electron chi connectivity index (χ4n) is 4.83. The highest BCUT2D eigenvalue weighted by Gasteiger charge is 2.35. The molecule has 192 valence electrons. The summed E-state index contributed by atoms with van der Waals surface area (Å²) in [6.07, 6.45) is 3.15. The molecule has 2 atom stereocenters. The van der Waals surface area contributed by atoms with Crippen LogP contribution in [0.5, 0.6) is 0 Å². The lowest BCUT2D eigenvalue weighted by Gasteiger charge is -2.38. The van der Waals surface area contributed by atoms with Crippen LogP contribution < -0.4 is 0 Å². The van der Waals surface area contributed by atoms with E-state index in [1.54, 1.807) is 18.2 Å². The van der Waals surface area contributed by atoms with Gasteiger partial charge in [0, 0.05) is 56.5 Å². The number of carbonyl (C=O) groups is 2. The number of piperidine rings is 1. The summed E-state index contributed by atoms with van der Waals surface area (Å²) in [4.78, 5) is 31.1. The van der Waals surface area contributed by atoms with E-state index in [1.807, 2.05) is 16.7 Å². The molecule has 35 heavy (non-hydrogen) atoms. The maximum atomic E-state index is 14.5. The summed E-state index contributed by atoms with van der Waals surface area (Å²) in [5, 5.41) is 0.0482. The van der Waals surface area contributed by atoms with Gasteiger partial charge < -0.3 is 19.1 Å². The van der Waals surface area contributed by atoms with E-state index in [-0.39, 0.29) is 23.7 Å². The highest BCUT2D eigenvalue weighted by atomic mass is 32.1. The fourth-order valence-corrected chi connectivity index (χ4v) is 5.13. The Morgan fingerprint density at radius 2 is 2.03 bits per heavy atom. The SMILES string of the molecule is COC(=O)C(c1ccccc1F)N1CCC(S)/C(=C/CN2CCN(CCC3OC(C)O3)C(=O)C2)C1. The molecule has 3 fully saturated rings. The predicted octanol–water partition coefficient (Wildman–Crippen LogP) is 2.22. The van der Waals surface area contributed by atoms with Crippen LogP contribution in [-0.4, -0.2) is 97.3 Å². The van der Waals surface area contributed by atoms with Crippen molar-refractivity contribution in [1.29, 1.82) is 0 Å². The lowest BCUT2D eigenvalue weighted by molar-refractivity contribution is -0.377. The first-order valence-corrected chi connectivity index (χ1v) is 12.6. The number of piperazine rings is 1. The third-order valence-corrected chi connectivity index (χ3v) is 7.41. The molecule has 3 aliphatic heterocycles. The van der Waals surface area contributed by atoms with Crippen LogP contribution >= 0.6 is 12.6 Å². The number of esters is 1. The Labute approximate surface area is 211 Å². The van der Waals surface area contributed by atoms with Crippen molar-refractivity contribution >= 4 is 24.5 Å². The Morgan fingerprint density at radius 1 is 1.26 bits per heavy atom. The summed E-state index contributed by atoms with van der Waals surface area (Å²) in [6, 6.07) is 5.50. The third-order valence-electron chi connectivity index (χ3n) is 6.82. The Hall–Kier alpha value is -1.98. The molecule has 1 aromatic carbocycles. The van der Waals surface area contributed by atoms with Crippen molar-refractivity contribution in [3.8, 4) is 0 Å². The van der Waals surface area contributed by atoms with E-state index in [4.69, 9.17) is 26.8 Å². The number of thiol groups is 1. The van der Waals surface area contributed by atoms with Gasteiger partial charge >= 0.3 is 5.97 Å². The van der Waals surface area contributed by atoms with Crippen molar-refractivity contribution < 1.29 is 28.2 Å². The van der Waals surface area contributed by atoms with Crippen molar-refractivity contribution in [2.45, 2.75) is 43.6 Å². The smallest absolute Gasteiger partial charge is 0.327 e. The number of hydrogen-bond acceptors (Lipinski definition) is 8. The molecule has 3 aliphatic rings. The number of hydrogen-bond donors (Lipinski definition) is 1. The van der Waals surface area contributed by atoms with Crippen molar-refractivity contribution in [2.24, 2.45) is 0 Å². The van der Waals surface area contributed by atoms with E-state index in [9.17, 15) is 14.0 Å². The van der Waals surface area contributed by atoms with Crippen LogP contribution in [0.15, 0.2) is 35.9 Å². The standard InChI is InChI=1S/C25H34FN3O5S/c1-17-33-23(34-17)9-12-28-14-13-27(16-22(28)30)10-7-18-15-29(11-8-21(18)35)24(25(31)32-2)19-5-3-4-6-20(19)26/h3-7,17,21,23-24,35H,8-16H2,1-2H3/b18-7+. The van der Waals surface area contributed by atoms with Crippen molar-refractivity contribution in [3.05, 3.63) is 47.3 Å². The monoisotopic (exact) mass is 507 g/mol. The molecule has 3 saturated heterocycles. The Bertz CT molecular complexity index is 941. The zero-order chi connectivity index (χ0) is 24.9. The minimum absolute atomic E-state index is 0.0482. The maximum Gasteiger partial charge on any atom is 0.327 e. The van der Waals surface area contributed by atoms with Gasteiger partial charge in [-0.3, -0.25) is 14.6 Å². The predicted molar refractivity (Wildman–Crippen MR) is 131 cm³/mol. The molecule has 0 spiro atoms. The average Bonchev–Trinajstić information content (AvgIpc) is 2.83. The molecule has 4 rings (SSSR count). The quantitative estimate of drug-likeness (QED) is 0.329. The van der Waals surface area contributed by atoms with Crippen LogP contribution in [0.25, 0.3) is 0 Å². The van der Waals surface area contributed by atoms with E-state index < -0.39 is 17.8 Å². The lowest BCUT2D eigenvalue weighted by Crippen LogP contribution is -2.51. The van der Waals surface area contributed by atoms with Crippen LogP contribution in [0, 0.1) is 5.82 Å². The highest BCUT2D eigenvalue weighted by molar-refractivity contribution is 7.81. The molecule has 0 radical (unpaired) electrons. The molecular weight excluding hydrogens is 473 g/mol. The molecular formula is C25H34FN3O5S. The Morgan fingerprint density at radius 3 is 2.71 bits per heavy atom. The normalized spacial score (nSPS) is 28.1. The van der Waals surface area contributed by atoms with Crippen LogP contribution in [0.4, 0.5) is 4.39 Å². The molecule has 0 saturated carbocycles. The second kappa shape index (κ2) is 11.8. The first-order chi connectivity index (χ1) is 16.9. The molecule has 0 bridgehead atoms. The summed E-state index contributed by atoms with van der Waals surface area (Å²) >= 11 is 4.74.